The zero-order chi connectivity index (χ0) is 5.56. The first-order valence-corrected chi connectivity index (χ1v) is 2.53. The first-order valence-electron chi connectivity index (χ1n) is 2.53. The van der Waals surface area contributed by atoms with Crippen LogP contribution >= 0.6 is 0 Å². The molecule has 1 aromatic heterocycles. The van der Waals surface area contributed by atoms with Gasteiger partial charge in [-0.05, 0) is 17.2 Å². The van der Waals surface area contributed by atoms with Gasteiger partial charge < -0.3 is 0 Å². The Hall–Kier alpha value is -1.11. The van der Waals surface area contributed by atoms with Crippen LogP contribution in [0.4, 0.5) is 0 Å². The summed E-state index contributed by atoms with van der Waals surface area (Å²) in [4.78, 5) is 3.93. The summed E-state index contributed by atoms with van der Waals surface area (Å²) >= 11 is 0. The van der Waals surface area contributed by atoms with Crippen LogP contribution in [0.25, 0.3) is 5.57 Å². The minimum Gasteiger partial charge on any atom is -0.264 e. The summed E-state index contributed by atoms with van der Waals surface area (Å²) in [5, 5.41) is 0. The predicted molar refractivity (Wildman–Crippen MR) is 32.4 cm³/mol. The predicted octanol–water partition coefficient (Wildman–Crippen LogP) is 1.46. The molecule has 1 aliphatic rings. The molecule has 1 heteroatoms. The van der Waals surface area contributed by atoms with Crippen molar-refractivity contribution >= 4 is 5.57 Å². The third-order valence-electron chi connectivity index (χ3n) is 1.41. The molecule has 0 amide bonds. The van der Waals surface area contributed by atoms with Gasteiger partial charge in [0, 0.05) is 18.0 Å². The quantitative estimate of drug-likeness (QED) is 0.492. The molecule has 0 fully saturated rings. The van der Waals surface area contributed by atoms with Gasteiger partial charge in [0.05, 0.1) is 0 Å². The molecule has 0 radical (unpaired) electrons. The molecule has 0 spiro atoms. The lowest BCUT2D eigenvalue weighted by atomic mass is 10.5. The van der Waals surface area contributed by atoms with Crippen molar-refractivity contribution in [3.63, 3.8) is 0 Å². The van der Waals surface area contributed by atoms with Crippen LogP contribution in [-0.2, 0) is 0 Å². The number of nitrogens with zero attached hydrogens (tertiary/aromatic N) is 1. The van der Waals surface area contributed by atoms with Crippen LogP contribution in [0.2, 0.25) is 0 Å². The largest absolute Gasteiger partial charge is 0.264 e. The standard InChI is InChI=1S/C7H5N/c1-5-6-2-3-8-4-7(5)6/h2-4H,1H2. The van der Waals surface area contributed by atoms with Crippen molar-refractivity contribution in [2.75, 3.05) is 0 Å². The molecule has 0 atom stereocenters. The number of rotatable bonds is 0. The van der Waals surface area contributed by atoms with Crippen molar-refractivity contribution in [3.8, 4) is 0 Å². The molecular formula is C7H5N. The summed E-state index contributed by atoms with van der Waals surface area (Å²) < 4.78 is 0. The van der Waals surface area contributed by atoms with Crippen LogP contribution in [0.15, 0.2) is 25.0 Å². The third kappa shape index (κ3) is 0.293. The van der Waals surface area contributed by atoms with Crippen molar-refractivity contribution in [2.24, 2.45) is 0 Å². The molecule has 2 rings (SSSR count). The summed E-state index contributed by atoms with van der Waals surface area (Å²) in [7, 11) is 0. The minimum atomic E-state index is 1.16. The van der Waals surface area contributed by atoms with Gasteiger partial charge in [-0.25, -0.2) is 0 Å². The lowest BCUT2D eigenvalue weighted by Gasteiger charge is -1.68. The fourth-order valence-corrected chi connectivity index (χ4v) is 0.833. The van der Waals surface area contributed by atoms with Crippen LogP contribution in [0.5, 0.6) is 0 Å². The monoisotopic (exact) mass is 103 g/mol. The zero-order valence-electron chi connectivity index (χ0n) is 4.39. The molecule has 0 saturated carbocycles. The number of hydrogen-bond donors (Lipinski definition) is 0. The Kier molecular flexibility index (Phi) is 0.478. The van der Waals surface area contributed by atoms with E-state index in [4.69, 9.17) is 0 Å². The Balaban J connectivity index is 2.74. The van der Waals surface area contributed by atoms with Gasteiger partial charge in [-0.3, -0.25) is 4.98 Å². The first kappa shape index (κ1) is 3.84. The van der Waals surface area contributed by atoms with Crippen molar-refractivity contribution in [1.82, 2.24) is 4.98 Å². The molecule has 1 heterocycles. The lowest BCUT2D eigenvalue weighted by molar-refractivity contribution is 1.34. The van der Waals surface area contributed by atoms with E-state index in [1.807, 2.05) is 12.3 Å². The Labute approximate surface area is 47.7 Å². The van der Waals surface area contributed by atoms with Crippen LogP contribution in [0.3, 0.4) is 0 Å². The second-order valence-electron chi connectivity index (χ2n) is 1.90. The van der Waals surface area contributed by atoms with Crippen LogP contribution in [-0.4, -0.2) is 4.98 Å². The van der Waals surface area contributed by atoms with Crippen molar-refractivity contribution in [1.29, 1.82) is 0 Å². The number of fused-ring (bicyclic) bond motifs is 1. The minimum absolute atomic E-state index is 1.16. The van der Waals surface area contributed by atoms with Gasteiger partial charge in [0.15, 0.2) is 0 Å². The highest BCUT2D eigenvalue weighted by Crippen LogP contribution is 2.38. The fraction of sp³-hybridized carbons (Fsp3) is 0. The Morgan fingerprint density at radius 2 is 2.25 bits per heavy atom. The van der Waals surface area contributed by atoms with E-state index < -0.39 is 0 Å². The van der Waals surface area contributed by atoms with Gasteiger partial charge >= 0.3 is 0 Å². The normalized spacial score (nSPS) is 13.2. The van der Waals surface area contributed by atoms with E-state index in [0.29, 0.717) is 0 Å². The first-order chi connectivity index (χ1) is 3.89. The zero-order valence-corrected chi connectivity index (χ0v) is 4.39. The summed E-state index contributed by atoms with van der Waals surface area (Å²) in [5.41, 5.74) is 3.66. The average molecular weight is 103 g/mol. The van der Waals surface area contributed by atoms with Crippen LogP contribution in [0.1, 0.15) is 11.1 Å². The van der Waals surface area contributed by atoms with Crippen molar-refractivity contribution in [2.45, 2.75) is 0 Å². The highest BCUT2D eigenvalue weighted by molar-refractivity contribution is 5.98. The molecule has 8 heavy (non-hydrogen) atoms. The molecular weight excluding hydrogens is 98.1 g/mol. The smallest absolute Gasteiger partial charge is 0.0352 e. The number of hydrogen-bond acceptors (Lipinski definition) is 1. The number of pyridine rings is 1. The highest BCUT2D eigenvalue weighted by atomic mass is 14.6. The van der Waals surface area contributed by atoms with Crippen molar-refractivity contribution in [3.05, 3.63) is 36.2 Å². The van der Waals surface area contributed by atoms with E-state index in [0.717, 1.165) is 5.57 Å². The highest BCUT2D eigenvalue weighted by Gasteiger charge is 2.20. The molecule has 1 aliphatic carbocycles. The molecule has 0 aliphatic heterocycles. The average Bonchev–Trinajstić information content (AvgIpc) is 2.46. The van der Waals surface area contributed by atoms with E-state index in [2.05, 4.69) is 11.6 Å². The van der Waals surface area contributed by atoms with Crippen LogP contribution in [0, 0.1) is 0 Å². The van der Waals surface area contributed by atoms with Crippen molar-refractivity contribution < 1.29 is 0 Å². The third-order valence-corrected chi connectivity index (χ3v) is 1.41. The lowest BCUT2D eigenvalue weighted by Crippen LogP contribution is -1.59. The molecule has 0 saturated heterocycles. The Morgan fingerprint density at radius 3 is 2.75 bits per heavy atom. The molecule has 0 N–H and O–H groups in total. The maximum atomic E-state index is 3.93. The summed E-state index contributed by atoms with van der Waals surface area (Å²) in [6.07, 6.45) is 3.63. The van der Waals surface area contributed by atoms with Gasteiger partial charge in [0.2, 0.25) is 0 Å². The Bertz CT molecular complexity index is 225. The maximum Gasteiger partial charge on any atom is 0.0352 e. The van der Waals surface area contributed by atoms with E-state index >= 15 is 0 Å². The second kappa shape index (κ2) is 0.996. The van der Waals surface area contributed by atoms with Gasteiger partial charge in [0.25, 0.3) is 0 Å². The van der Waals surface area contributed by atoms with E-state index in [9.17, 15) is 0 Å². The molecule has 0 bridgehead atoms. The van der Waals surface area contributed by atoms with Crippen LogP contribution < -0.4 is 0 Å². The summed E-state index contributed by atoms with van der Waals surface area (Å²) in [6.45, 7) is 3.79. The van der Waals surface area contributed by atoms with Gasteiger partial charge in [-0.2, -0.15) is 0 Å². The van der Waals surface area contributed by atoms with Gasteiger partial charge in [-0.1, -0.05) is 6.58 Å². The van der Waals surface area contributed by atoms with E-state index in [-0.39, 0.29) is 0 Å². The summed E-state index contributed by atoms with van der Waals surface area (Å²) in [6, 6.07) is 1.98. The molecule has 1 aromatic rings. The number of aromatic nitrogens is 1. The Morgan fingerprint density at radius 1 is 1.38 bits per heavy atom. The van der Waals surface area contributed by atoms with E-state index in [1.54, 1.807) is 6.20 Å². The second-order valence-corrected chi connectivity index (χ2v) is 1.90. The SMILES string of the molecule is C=C1c2ccncc21. The topological polar surface area (TPSA) is 12.9 Å². The molecule has 38 valence electrons. The van der Waals surface area contributed by atoms with Gasteiger partial charge in [-0.15, -0.1) is 0 Å². The molecule has 1 nitrogen and oxygen atoms in total. The van der Waals surface area contributed by atoms with E-state index in [1.165, 1.54) is 11.1 Å². The summed E-state index contributed by atoms with van der Waals surface area (Å²) in [5.74, 6) is 0. The maximum absolute atomic E-state index is 3.93. The fourth-order valence-electron chi connectivity index (χ4n) is 0.833. The van der Waals surface area contributed by atoms with Gasteiger partial charge in [0.1, 0.15) is 0 Å². The molecule has 0 unspecified atom stereocenters. The molecule has 0 aromatic carbocycles.